The lowest BCUT2D eigenvalue weighted by molar-refractivity contribution is 0.0199. The van der Waals surface area contributed by atoms with Crippen LogP contribution < -0.4 is 0 Å². The molecule has 1 atom stereocenters. The first-order valence-electron chi connectivity index (χ1n) is 7.28. The third-order valence-electron chi connectivity index (χ3n) is 5.58. The summed E-state index contributed by atoms with van der Waals surface area (Å²) in [4.78, 5) is 0. The molecule has 1 saturated carbocycles. The van der Waals surface area contributed by atoms with Crippen molar-refractivity contribution in [3.63, 3.8) is 0 Å². The molecule has 0 aromatic carbocycles. The zero-order valence-corrected chi connectivity index (χ0v) is 12.9. The van der Waals surface area contributed by atoms with Crippen LogP contribution in [0.1, 0.15) is 74.1 Å². The predicted molar refractivity (Wildman–Crippen MR) is 76.0 cm³/mol. The van der Waals surface area contributed by atoms with Gasteiger partial charge in [0.2, 0.25) is 0 Å². The van der Waals surface area contributed by atoms with Gasteiger partial charge in [0.05, 0.1) is 0 Å². The highest BCUT2D eigenvalue weighted by molar-refractivity contribution is 5.31. The van der Waals surface area contributed by atoms with Crippen LogP contribution in [-0.4, -0.2) is 0 Å². The van der Waals surface area contributed by atoms with Gasteiger partial charge in [0.15, 0.2) is 0 Å². The van der Waals surface area contributed by atoms with Gasteiger partial charge in [-0.3, -0.25) is 0 Å². The standard InChI is InChI=1S/C17H30/c1-12-8-9-16(4,5)14-13(12)15(2,3)10-11-17(14,6)7/h14H,8-11H2,1-7H3. The Morgan fingerprint density at radius 2 is 1.35 bits per heavy atom. The van der Waals surface area contributed by atoms with Crippen LogP contribution in [0.4, 0.5) is 0 Å². The van der Waals surface area contributed by atoms with Gasteiger partial charge in [-0.05, 0) is 54.8 Å². The van der Waals surface area contributed by atoms with Gasteiger partial charge in [-0.15, -0.1) is 0 Å². The molecule has 0 N–H and O–H groups in total. The van der Waals surface area contributed by atoms with E-state index in [0.717, 1.165) is 5.92 Å². The van der Waals surface area contributed by atoms with Gasteiger partial charge in [-0.2, -0.15) is 0 Å². The minimum Gasteiger partial charge on any atom is -0.0732 e. The second-order valence-corrected chi connectivity index (χ2v) is 8.49. The van der Waals surface area contributed by atoms with Crippen molar-refractivity contribution in [1.29, 1.82) is 0 Å². The average Bonchev–Trinajstić information content (AvgIpc) is 2.16. The fraction of sp³-hybridized carbons (Fsp3) is 0.882. The second-order valence-electron chi connectivity index (χ2n) is 8.49. The maximum atomic E-state index is 2.49. The molecule has 17 heavy (non-hydrogen) atoms. The van der Waals surface area contributed by atoms with Gasteiger partial charge in [0.1, 0.15) is 0 Å². The number of hydrogen-bond donors (Lipinski definition) is 0. The number of hydrogen-bond acceptors (Lipinski definition) is 0. The van der Waals surface area contributed by atoms with E-state index in [1.54, 1.807) is 5.57 Å². The smallest absolute Gasteiger partial charge is 0.00925 e. The van der Waals surface area contributed by atoms with Crippen molar-refractivity contribution >= 4 is 0 Å². The first-order valence-corrected chi connectivity index (χ1v) is 7.28. The molecule has 2 aliphatic carbocycles. The Morgan fingerprint density at radius 3 is 1.88 bits per heavy atom. The van der Waals surface area contributed by atoms with Crippen molar-refractivity contribution in [1.82, 2.24) is 0 Å². The lowest BCUT2D eigenvalue weighted by Gasteiger charge is -2.57. The van der Waals surface area contributed by atoms with Gasteiger partial charge in [-0.25, -0.2) is 0 Å². The molecule has 0 aromatic rings. The van der Waals surface area contributed by atoms with Crippen LogP contribution in [0, 0.1) is 22.2 Å². The zero-order valence-electron chi connectivity index (χ0n) is 12.9. The Balaban J connectivity index is 2.58. The lowest BCUT2D eigenvalue weighted by atomic mass is 9.47. The predicted octanol–water partition coefficient (Wildman–Crippen LogP) is 5.59. The topological polar surface area (TPSA) is 0 Å². The molecule has 0 spiro atoms. The van der Waals surface area contributed by atoms with Crippen molar-refractivity contribution in [2.45, 2.75) is 74.1 Å². The summed E-state index contributed by atoms with van der Waals surface area (Å²) in [6, 6.07) is 0. The van der Waals surface area contributed by atoms with Gasteiger partial charge in [-0.1, -0.05) is 52.7 Å². The van der Waals surface area contributed by atoms with E-state index in [1.807, 2.05) is 5.57 Å². The molecule has 0 saturated heterocycles. The van der Waals surface area contributed by atoms with Gasteiger partial charge < -0.3 is 0 Å². The average molecular weight is 234 g/mol. The van der Waals surface area contributed by atoms with Crippen LogP contribution in [-0.2, 0) is 0 Å². The van der Waals surface area contributed by atoms with Gasteiger partial charge >= 0.3 is 0 Å². The highest BCUT2D eigenvalue weighted by Crippen LogP contribution is 2.62. The molecule has 2 rings (SSSR count). The maximum Gasteiger partial charge on any atom is -0.00925 e. The fourth-order valence-electron chi connectivity index (χ4n) is 4.76. The maximum absolute atomic E-state index is 2.49. The summed E-state index contributed by atoms with van der Waals surface area (Å²) in [5.74, 6) is 0.785. The van der Waals surface area contributed by atoms with Crippen molar-refractivity contribution in [2.75, 3.05) is 0 Å². The van der Waals surface area contributed by atoms with Crippen LogP contribution >= 0.6 is 0 Å². The monoisotopic (exact) mass is 234 g/mol. The van der Waals surface area contributed by atoms with Crippen LogP contribution in [0.15, 0.2) is 11.1 Å². The second kappa shape index (κ2) is 3.62. The number of rotatable bonds is 0. The van der Waals surface area contributed by atoms with E-state index in [4.69, 9.17) is 0 Å². The lowest BCUT2D eigenvalue weighted by Crippen LogP contribution is -2.47. The summed E-state index contributed by atoms with van der Waals surface area (Å²) >= 11 is 0. The van der Waals surface area contributed by atoms with Crippen LogP contribution in [0.5, 0.6) is 0 Å². The van der Waals surface area contributed by atoms with E-state index < -0.39 is 0 Å². The third kappa shape index (κ3) is 1.98. The molecule has 2 aliphatic rings. The molecule has 0 heterocycles. The van der Waals surface area contributed by atoms with Gasteiger partial charge in [0.25, 0.3) is 0 Å². The Bertz CT molecular complexity index is 352. The Labute approximate surface area is 108 Å². The molecule has 0 nitrogen and oxygen atoms in total. The van der Waals surface area contributed by atoms with E-state index in [9.17, 15) is 0 Å². The molecule has 0 heteroatoms. The number of allylic oxidation sites excluding steroid dienone is 2. The molecule has 0 bridgehead atoms. The summed E-state index contributed by atoms with van der Waals surface area (Å²) in [7, 11) is 0. The third-order valence-corrected chi connectivity index (χ3v) is 5.58. The van der Waals surface area contributed by atoms with Crippen molar-refractivity contribution in [2.24, 2.45) is 22.2 Å². The SMILES string of the molecule is CC1=C2C(C(C)(C)CC1)C(C)(C)CCC2(C)C. The Kier molecular flexibility index (Phi) is 2.81. The summed E-state index contributed by atoms with van der Waals surface area (Å²) in [5, 5.41) is 0. The van der Waals surface area contributed by atoms with Crippen LogP contribution in [0.25, 0.3) is 0 Å². The van der Waals surface area contributed by atoms with Crippen molar-refractivity contribution < 1.29 is 0 Å². The van der Waals surface area contributed by atoms with E-state index >= 15 is 0 Å². The molecule has 0 radical (unpaired) electrons. The summed E-state index contributed by atoms with van der Waals surface area (Å²) in [6.45, 7) is 17.3. The number of fused-ring (bicyclic) bond motifs is 1. The van der Waals surface area contributed by atoms with Crippen LogP contribution in [0.2, 0.25) is 0 Å². The quantitative estimate of drug-likeness (QED) is 0.480. The van der Waals surface area contributed by atoms with E-state index in [0.29, 0.717) is 16.2 Å². The molecule has 0 aromatic heterocycles. The van der Waals surface area contributed by atoms with Crippen molar-refractivity contribution in [3.05, 3.63) is 11.1 Å². The molecule has 1 unspecified atom stereocenters. The van der Waals surface area contributed by atoms with E-state index in [2.05, 4.69) is 48.5 Å². The zero-order chi connectivity index (χ0) is 13.1. The van der Waals surface area contributed by atoms with Gasteiger partial charge in [0, 0.05) is 0 Å². The molecular weight excluding hydrogens is 204 g/mol. The molecule has 0 amide bonds. The minimum absolute atomic E-state index is 0.432. The van der Waals surface area contributed by atoms with Crippen molar-refractivity contribution in [3.8, 4) is 0 Å². The fourth-order valence-corrected chi connectivity index (χ4v) is 4.76. The highest BCUT2D eigenvalue weighted by atomic mass is 14.6. The normalized spacial score (nSPS) is 34.4. The van der Waals surface area contributed by atoms with E-state index in [1.165, 1.54) is 25.7 Å². The van der Waals surface area contributed by atoms with Crippen LogP contribution in [0.3, 0.4) is 0 Å². The molecule has 0 aliphatic heterocycles. The molecule has 1 fully saturated rings. The minimum atomic E-state index is 0.432. The Morgan fingerprint density at radius 1 is 0.824 bits per heavy atom. The highest BCUT2D eigenvalue weighted by Gasteiger charge is 2.52. The largest absolute Gasteiger partial charge is 0.0732 e. The summed E-state index contributed by atoms with van der Waals surface area (Å²) in [5.41, 5.74) is 4.91. The first-order chi connectivity index (χ1) is 7.58. The Hall–Kier alpha value is -0.260. The first kappa shape index (κ1) is 13.2. The molecular formula is C17H30. The summed E-state index contributed by atoms with van der Waals surface area (Å²) < 4.78 is 0. The van der Waals surface area contributed by atoms with E-state index in [-0.39, 0.29) is 0 Å². The summed E-state index contributed by atoms with van der Waals surface area (Å²) in [6.07, 6.45) is 5.43. The molecule has 98 valence electrons.